The molecule has 2 bridgehead atoms. The maximum absolute atomic E-state index is 11.5. The summed E-state index contributed by atoms with van der Waals surface area (Å²) in [6.45, 7) is 0. The predicted molar refractivity (Wildman–Crippen MR) is 47.8 cm³/mol. The first-order valence-electron chi connectivity index (χ1n) is 4.45. The minimum absolute atomic E-state index is 0.187. The quantitative estimate of drug-likeness (QED) is 0.570. The van der Waals surface area contributed by atoms with Crippen LogP contribution in [0.3, 0.4) is 0 Å². The first-order chi connectivity index (χ1) is 5.27. The number of carbonyl (C=O) groups excluding carboxylic acids is 1. The maximum atomic E-state index is 11.5. The lowest BCUT2D eigenvalue weighted by molar-refractivity contribution is -0.126. The largest absolute Gasteiger partial charge is 0.298 e. The van der Waals surface area contributed by atoms with Crippen molar-refractivity contribution in [1.29, 1.82) is 0 Å². The summed E-state index contributed by atoms with van der Waals surface area (Å²) in [5.41, 5.74) is 0. The molecule has 0 spiro atoms. The molecule has 3 atom stereocenters. The van der Waals surface area contributed by atoms with Gasteiger partial charge >= 0.3 is 0 Å². The van der Waals surface area contributed by atoms with Gasteiger partial charge in [-0.05, 0) is 25.2 Å². The molecular weight excluding hydrogens is 204 g/mol. The number of carbonyl (C=O) groups is 1. The SMILES string of the molecule is O=C1C(Br)CC2CCCC1C2. The Morgan fingerprint density at radius 1 is 1.27 bits per heavy atom. The average molecular weight is 217 g/mol. The minimum Gasteiger partial charge on any atom is -0.298 e. The Bertz CT molecular complexity index is 176. The molecule has 0 amide bonds. The maximum Gasteiger partial charge on any atom is 0.149 e. The number of alkyl halides is 1. The third-order valence-electron chi connectivity index (χ3n) is 3.03. The third-order valence-corrected chi connectivity index (χ3v) is 3.86. The molecule has 0 heterocycles. The smallest absolute Gasteiger partial charge is 0.149 e. The molecule has 2 heteroatoms. The van der Waals surface area contributed by atoms with Gasteiger partial charge in [0.1, 0.15) is 5.78 Å². The van der Waals surface area contributed by atoms with E-state index in [1.807, 2.05) is 0 Å². The van der Waals surface area contributed by atoms with Gasteiger partial charge in [-0.15, -0.1) is 0 Å². The van der Waals surface area contributed by atoms with E-state index < -0.39 is 0 Å². The Morgan fingerprint density at radius 2 is 2.09 bits per heavy atom. The molecule has 0 aromatic rings. The molecule has 0 aromatic heterocycles. The lowest BCUT2D eigenvalue weighted by Gasteiger charge is -2.35. The van der Waals surface area contributed by atoms with E-state index in [1.54, 1.807) is 0 Å². The van der Waals surface area contributed by atoms with Gasteiger partial charge in [-0.2, -0.15) is 0 Å². The average Bonchev–Trinajstić information content (AvgIpc) is 2.01. The summed E-state index contributed by atoms with van der Waals surface area (Å²) in [4.78, 5) is 11.7. The van der Waals surface area contributed by atoms with Gasteiger partial charge in [0.2, 0.25) is 0 Å². The molecule has 0 N–H and O–H groups in total. The van der Waals surface area contributed by atoms with E-state index in [-0.39, 0.29) is 4.83 Å². The van der Waals surface area contributed by atoms with Crippen molar-refractivity contribution in [1.82, 2.24) is 0 Å². The Kier molecular flexibility index (Phi) is 2.04. The van der Waals surface area contributed by atoms with Crippen LogP contribution in [-0.2, 0) is 4.79 Å². The Morgan fingerprint density at radius 3 is 2.91 bits per heavy atom. The third kappa shape index (κ3) is 1.37. The number of rotatable bonds is 0. The first kappa shape index (κ1) is 7.78. The van der Waals surface area contributed by atoms with Crippen molar-refractivity contribution >= 4 is 21.7 Å². The van der Waals surface area contributed by atoms with Gasteiger partial charge in [-0.25, -0.2) is 0 Å². The standard InChI is InChI=1S/C9H13BrO/c10-8-5-6-2-1-3-7(4-6)9(8)11/h6-8H,1-5H2. The molecule has 1 nitrogen and oxygen atoms in total. The van der Waals surface area contributed by atoms with Gasteiger partial charge in [-0.3, -0.25) is 4.79 Å². The molecule has 0 radical (unpaired) electrons. The van der Waals surface area contributed by atoms with Crippen molar-refractivity contribution in [2.24, 2.45) is 11.8 Å². The second kappa shape index (κ2) is 2.89. The van der Waals surface area contributed by atoms with Crippen molar-refractivity contribution in [3.8, 4) is 0 Å². The Balaban J connectivity index is 2.11. The fraction of sp³-hybridized carbons (Fsp3) is 0.889. The fourth-order valence-electron chi connectivity index (χ4n) is 2.43. The van der Waals surface area contributed by atoms with Crippen LogP contribution in [0.2, 0.25) is 0 Å². The monoisotopic (exact) mass is 216 g/mol. The number of ketones is 1. The van der Waals surface area contributed by atoms with E-state index >= 15 is 0 Å². The van der Waals surface area contributed by atoms with Crippen molar-refractivity contribution in [3.05, 3.63) is 0 Å². The van der Waals surface area contributed by atoms with Gasteiger partial charge < -0.3 is 0 Å². The van der Waals surface area contributed by atoms with Crippen LogP contribution in [0.5, 0.6) is 0 Å². The van der Waals surface area contributed by atoms with Crippen LogP contribution in [0, 0.1) is 11.8 Å². The highest BCUT2D eigenvalue weighted by molar-refractivity contribution is 9.10. The molecule has 2 aliphatic rings. The number of halogens is 1. The summed E-state index contributed by atoms with van der Waals surface area (Å²) in [6.07, 6.45) is 6.06. The van der Waals surface area contributed by atoms with Crippen molar-refractivity contribution < 1.29 is 4.79 Å². The second-order valence-corrected chi connectivity index (χ2v) is 4.94. The summed E-state index contributed by atoms with van der Waals surface area (Å²) >= 11 is 3.46. The summed E-state index contributed by atoms with van der Waals surface area (Å²) in [7, 11) is 0. The highest BCUT2D eigenvalue weighted by atomic mass is 79.9. The van der Waals surface area contributed by atoms with Crippen molar-refractivity contribution in [2.45, 2.75) is 36.9 Å². The van der Waals surface area contributed by atoms with Crippen molar-refractivity contribution in [2.75, 3.05) is 0 Å². The Labute approximate surface area is 75.7 Å². The fourth-order valence-corrected chi connectivity index (χ4v) is 3.33. The van der Waals surface area contributed by atoms with Crippen LogP contribution in [0.1, 0.15) is 32.1 Å². The van der Waals surface area contributed by atoms with Crippen LogP contribution < -0.4 is 0 Å². The number of Topliss-reactive ketones (excluding diaryl/α,β-unsaturated/α-hetero) is 1. The lowest BCUT2D eigenvalue weighted by atomic mass is 9.72. The van der Waals surface area contributed by atoms with Gasteiger partial charge in [0.25, 0.3) is 0 Å². The van der Waals surface area contributed by atoms with E-state index in [9.17, 15) is 4.79 Å². The molecule has 11 heavy (non-hydrogen) atoms. The second-order valence-electron chi connectivity index (χ2n) is 3.84. The molecule has 0 saturated heterocycles. The van der Waals surface area contributed by atoms with E-state index in [0.29, 0.717) is 11.7 Å². The molecule has 0 aliphatic heterocycles. The first-order valence-corrected chi connectivity index (χ1v) is 5.36. The molecule has 2 rings (SSSR count). The number of hydrogen-bond donors (Lipinski definition) is 0. The topological polar surface area (TPSA) is 17.1 Å². The van der Waals surface area contributed by atoms with E-state index in [1.165, 1.54) is 19.3 Å². The summed E-state index contributed by atoms with van der Waals surface area (Å²) in [5, 5.41) is 0. The zero-order valence-electron chi connectivity index (χ0n) is 6.55. The van der Waals surface area contributed by atoms with E-state index in [2.05, 4.69) is 15.9 Å². The van der Waals surface area contributed by atoms with Crippen LogP contribution in [-0.4, -0.2) is 10.6 Å². The highest BCUT2D eigenvalue weighted by Gasteiger charge is 2.36. The summed E-state index contributed by atoms with van der Waals surface area (Å²) in [5.74, 6) is 1.73. The molecule has 62 valence electrons. The van der Waals surface area contributed by atoms with E-state index in [0.717, 1.165) is 18.8 Å². The predicted octanol–water partition coefficient (Wildman–Crippen LogP) is 2.53. The van der Waals surface area contributed by atoms with Crippen LogP contribution >= 0.6 is 15.9 Å². The summed E-state index contributed by atoms with van der Waals surface area (Å²) in [6, 6.07) is 0. The van der Waals surface area contributed by atoms with Gasteiger partial charge in [0, 0.05) is 5.92 Å². The van der Waals surface area contributed by atoms with Gasteiger partial charge in [-0.1, -0.05) is 28.8 Å². The summed E-state index contributed by atoms with van der Waals surface area (Å²) < 4.78 is 0. The zero-order valence-corrected chi connectivity index (χ0v) is 8.14. The van der Waals surface area contributed by atoms with Gasteiger partial charge in [0.15, 0.2) is 0 Å². The Hall–Kier alpha value is 0.150. The molecule has 3 unspecified atom stereocenters. The molecule has 2 fully saturated rings. The molecule has 2 aliphatic carbocycles. The number of hydrogen-bond acceptors (Lipinski definition) is 1. The zero-order chi connectivity index (χ0) is 7.84. The van der Waals surface area contributed by atoms with E-state index in [4.69, 9.17) is 0 Å². The van der Waals surface area contributed by atoms with Crippen LogP contribution in [0.25, 0.3) is 0 Å². The molecule has 2 saturated carbocycles. The van der Waals surface area contributed by atoms with Crippen molar-refractivity contribution in [3.63, 3.8) is 0 Å². The van der Waals surface area contributed by atoms with Crippen LogP contribution in [0.15, 0.2) is 0 Å². The lowest BCUT2D eigenvalue weighted by Crippen LogP contribution is -2.36. The van der Waals surface area contributed by atoms with Crippen LogP contribution in [0.4, 0.5) is 0 Å². The highest BCUT2D eigenvalue weighted by Crippen LogP contribution is 2.39. The van der Waals surface area contributed by atoms with Gasteiger partial charge in [0.05, 0.1) is 4.83 Å². The minimum atomic E-state index is 0.187. The number of fused-ring (bicyclic) bond motifs is 2. The molecular formula is C9H13BrO. The normalized spacial score (nSPS) is 44.1. The molecule has 0 aromatic carbocycles.